The van der Waals surface area contributed by atoms with Gasteiger partial charge in [-0.2, -0.15) is 0 Å². The zero-order valence-corrected chi connectivity index (χ0v) is 11.7. The van der Waals surface area contributed by atoms with E-state index in [1.54, 1.807) is 0 Å². The minimum absolute atomic E-state index is 0.129. The molecule has 16 heavy (non-hydrogen) atoms. The van der Waals surface area contributed by atoms with Crippen LogP contribution in [0.5, 0.6) is 0 Å². The van der Waals surface area contributed by atoms with Gasteiger partial charge in [0.2, 0.25) is 0 Å². The minimum atomic E-state index is -0.396. The van der Waals surface area contributed by atoms with Crippen LogP contribution in [0, 0.1) is 10.8 Å². The van der Waals surface area contributed by atoms with E-state index >= 15 is 0 Å². The molecule has 0 aliphatic heterocycles. The van der Waals surface area contributed by atoms with Crippen LogP contribution in [0.2, 0.25) is 0 Å². The van der Waals surface area contributed by atoms with Gasteiger partial charge >= 0.3 is 0 Å². The predicted molar refractivity (Wildman–Crippen MR) is 69.3 cm³/mol. The SMILES string of the molecule is C=C(C[C@@H](O)C(C)(C)C)C[C@@H](O)C(C)(C)C. The summed E-state index contributed by atoms with van der Waals surface area (Å²) in [7, 11) is 0. The van der Waals surface area contributed by atoms with Crippen molar-refractivity contribution in [3.63, 3.8) is 0 Å². The quantitative estimate of drug-likeness (QED) is 0.726. The zero-order valence-electron chi connectivity index (χ0n) is 11.7. The van der Waals surface area contributed by atoms with E-state index in [0.29, 0.717) is 12.8 Å². The molecular formula is C14H28O2. The molecular weight excluding hydrogens is 200 g/mol. The molecule has 0 aliphatic rings. The highest BCUT2D eigenvalue weighted by Crippen LogP contribution is 2.29. The van der Waals surface area contributed by atoms with Gasteiger partial charge in [-0.1, -0.05) is 53.7 Å². The molecule has 2 N–H and O–H groups in total. The maximum atomic E-state index is 9.93. The van der Waals surface area contributed by atoms with E-state index in [2.05, 4.69) is 6.58 Å². The van der Waals surface area contributed by atoms with E-state index in [-0.39, 0.29) is 10.8 Å². The first-order valence-corrected chi connectivity index (χ1v) is 5.97. The summed E-state index contributed by atoms with van der Waals surface area (Å²) in [6, 6.07) is 0. The van der Waals surface area contributed by atoms with Gasteiger partial charge in [-0.05, 0) is 23.7 Å². The first-order valence-electron chi connectivity index (χ1n) is 5.97. The Morgan fingerprint density at radius 3 is 1.31 bits per heavy atom. The highest BCUT2D eigenvalue weighted by Gasteiger charge is 2.26. The van der Waals surface area contributed by atoms with Gasteiger partial charge < -0.3 is 10.2 Å². The number of rotatable bonds is 4. The van der Waals surface area contributed by atoms with Crippen LogP contribution in [0.25, 0.3) is 0 Å². The normalized spacial score (nSPS) is 17.0. The lowest BCUT2D eigenvalue weighted by Crippen LogP contribution is -2.29. The van der Waals surface area contributed by atoms with Crippen LogP contribution in [0.15, 0.2) is 12.2 Å². The summed E-state index contributed by atoms with van der Waals surface area (Å²) >= 11 is 0. The molecule has 0 saturated carbocycles. The molecule has 0 rings (SSSR count). The number of hydrogen-bond donors (Lipinski definition) is 2. The van der Waals surface area contributed by atoms with Crippen molar-refractivity contribution < 1.29 is 10.2 Å². The number of aliphatic hydroxyl groups excluding tert-OH is 2. The van der Waals surface area contributed by atoms with Crippen molar-refractivity contribution >= 4 is 0 Å². The summed E-state index contributed by atoms with van der Waals surface area (Å²) in [5, 5.41) is 19.9. The summed E-state index contributed by atoms with van der Waals surface area (Å²) in [5.41, 5.74) is 0.662. The van der Waals surface area contributed by atoms with Gasteiger partial charge in [0.25, 0.3) is 0 Å². The van der Waals surface area contributed by atoms with Gasteiger partial charge in [-0.3, -0.25) is 0 Å². The second kappa shape index (κ2) is 5.33. The van der Waals surface area contributed by atoms with Gasteiger partial charge in [-0.25, -0.2) is 0 Å². The largest absolute Gasteiger partial charge is 0.392 e. The van der Waals surface area contributed by atoms with Gasteiger partial charge in [-0.15, -0.1) is 0 Å². The number of aliphatic hydroxyl groups is 2. The molecule has 0 aromatic heterocycles. The van der Waals surface area contributed by atoms with E-state index in [0.717, 1.165) is 5.57 Å². The maximum absolute atomic E-state index is 9.93. The molecule has 96 valence electrons. The Balaban J connectivity index is 4.21. The molecule has 0 saturated heterocycles. The molecule has 2 nitrogen and oxygen atoms in total. The first kappa shape index (κ1) is 15.7. The van der Waals surface area contributed by atoms with Gasteiger partial charge in [0, 0.05) is 0 Å². The van der Waals surface area contributed by atoms with E-state index in [1.807, 2.05) is 41.5 Å². The number of hydrogen-bond acceptors (Lipinski definition) is 2. The summed E-state index contributed by atoms with van der Waals surface area (Å²) in [6.07, 6.45) is 0.340. The molecule has 2 heteroatoms. The third kappa shape index (κ3) is 5.66. The fourth-order valence-electron chi connectivity index (χ4n) is 1.24. The van der Waals surface area contributed by atoms with Crippen molar-refractivity contribution in [2.24, 2.45) is 10.8 Å². The fourth-order valence-corrected chi connectivity index (χ4v) is 1.24. The van der Waals surface area contributed by atoms with Crippen LogP contribution in [0.3, 0.4) is 0 Å². The van der Waals surface area contributed by atoms with Crippen LogP contribution in [0.1, 0.15) is 54.4 Å². The van der Waals surface area contributed by atoms with Gasteiger partial charge in [0.1, 0.15) is 0 Å². The Morgan fingerprint density at radius 1 is 0.875 bits per heavy atom. The molecule has 0 fully saturated rings. The lowest BCUT2D eigenvalue weighted by atomic mass is 9.81. The maximum Gasteiger partial charge on any atom is 0.0625 e. The van der Waals surface area contributed by atoms with Gasteiger partial charge in [0.05, 0.1) is 12.2 Å². The molecule has 0 aliphatic carbocycles. The Bertz CT molecular complexity index is 206. The molecule has 0 heterocycles. The molecule has 0 aromatic carbocycles. The molecule has 0 amide bonds. The predicted octanol–water partition coefficient (Wildman–Crippen LogP) is 3.14. The first-order chi connectivity index (χ1) is 6.94. The van der Waals surface area contributed by atoms with Crippen molar-refractivity contribution in [3.8, 4) is 0 Å². The second-order valence-corrected chi connectivity index (χ2v) is 6.92. The lowest BCUT2D eigenvalue weighted by Gasteiger charge is -2.30. The highest BCUT2D eigenvalue weighted by molar-refractivity contribution is 5.01. The minimum Gasteiger partial charge on any atom is -0.392 e. The highest BCUT2D eigenvalue weighted by atomic mass is 16.3. The molecule has 0 aromatic rings. The Hall–Kier alpha value is -0.340. The summed E-state index contributed by atoms with van der Waals surface area (Å²) in [6.45, 7) is 16.0. The zero-order chi connectivity index (χ0) is 13.1. The van der Waals surface area contributed by atoms with Crippen LogP contribution < -0.4 is 0 Å². The van der Waals surface area contributed by atoms with E-state index in [9.17, 15) is 10.2 Å². The Labute approximate surface area is 100 Å². The average Bonchev–Trinajstić information content (AvgIpc) is 1.99. The van der Waals surface area contributed by atoms with Crippen LogP contribution in [0.4, 0.5) is 0 Å². The molecule has 2 atom stereocenters. The third-order valence-corrected chi connectivity index (χ3v) is 2.96. The van der Waals surface area contributed by atoms with Gasteiger partial charge in [0.15, 0.2) is 0 Å². The third-order valence-electron chi connectivity index (χ3n) is 2.96. The smallest absolute Gasteiger partial charge is 0.0625 e. The molecule has 0 spiro atoms. The molecule has 0 unspecified atom stereocenters. The summed E-state index contributed by atoms with van der Waals surface area (Å²) < 4.78 is 0. The van der Waals surface area contributed by atoms with Crippen molar-refractivity contribution in [2.45, 2.75) is 66.6 Å². The molecule has 0 radical (unpaired) electrons. The lowest BCUT2D eigenvalue weighted by molar-refractivity contribution is 0.0476. The summed E-state index contributed by atoms with van der Waals surface area (Å²) in [4.78, 5) is 0. The Kier molecular flexibility index (Phi) is 5.21. The van der Waals surface area contributed by atoms with E-state index in [1.165, 1.54) is 0 Å². The fraction of sp³-hybridized carbons (Fsp3) is 0.857. The molecule has 0 bridgehead atoms. The standard InChI is InChI=1S/C14H28O2/c1-10(8-11(15)13(2,3)4)9-12(16)14(5,6)7/h11-12,15-16H,1,8-9H2,2-7H3/t11-,12-/m1/s1. The summed E-state index contributed by atoms with van der Waals surface area (Å²) in [5.74, 6) is 0. The van der Waals surface area contributed by atoms with Crippen molar-refractivity contribution in [1.82, 2.24) is 0 Å². The van der Waals surface area contributed by atoms with Crippen molar-refractivity contribution in [1.29, 1.82) is 0 Å². The topological polar surface area (TPSA) is 40.5 Å². The van der Waals surface area contributed by atoms with Crippen molar-refractivity contribution in [3.05, 3.63) is 12.2 Å². The van der Waals surface area contributed by atoms with Crippen LogP contribution in [-0.4, -0.2) is 22.4 Å². The Morgan fingerprint density at radius 2 is 1.12 bits per heavy atom. The van der Waals surface area contributed by atoms with Crippen LogP contribution in [-0.2, 0) is 0 Å². The monoisotopic (exact) mass is 228 g/mol. The second-order valence-electron chi connectivity index (χ2n) is 6.92. The van der Waals surface area contributed by atoms with Crippen LogP contribution >= 0.6 is 0 Å². The van der Waals surface area contributed by atoms with Crippen molar-refractivity contribution in [2.75, 3.05) is 0 Å². The van der Waals surface area contributed by atoms with E-state index < -0.39 is 12.2 Å². The van der Waals surface area contributed by atoms with E-state index in [4.69, 9.17) is 0 Å². The average molecular weight is 228 g/mol.